The molecular formula is C12H17. The summed E-state index contributed by atoms with van der Waals surface area (Å²) >= 11 is 0. The average Bonchev–Trinajstić information content (AvgIpc) is 2.05. The van der Waals surface area contributed by atoms with E-state index in [0.29, 0.717) is 0 Å². The maximum atomic E-state index is 2.29. The Hall–Kier alpha value is -0.780. The molecule has 0 aliphatic heterocycles. The largest absolute Gasteiger partial charge is 0.0882 e. The van der Waals surface area contributed by atoms with E-state index in [4.69, 9.17) is 0 Å². The summed E-state index contributed by atoms with van der Waals surface area (Å²) in [5, 5.41) is 0. The molecule has 1 radical (unpaired) electrons. The fourth-order valence-electron chi connectivity index (χ4n) is 1.21. The highest BCUT2D eigenvalue weighted by atomic mass is 13.9. The molecule has 1 aliphatic rings. The van der Waals surface area contributed by atoms with Gasteiger partial charge in [-0.2, -0.15) is 0 Å². The first-order chi connectivity index (χ1) is 6.00. The highest BCUT2D eigenvalue weighted by Gasteiger charge is 1.86. The SMILES string of the molecule is [CH]1/C=C\C=C\C/C=C/CCCC1. The predicted molar refractivity (Wildman–Crippen MR) is 54.8 cm³/mol. The van der Waals surface area contributed by atoms with Crippen LogP contribution in [-0.4, -0.2) is 0 Å². The maximum absolute atomic E-state index is 2.29. The summed E-state index contributed by atoms with van der Waals surface area (Å²) in [5.41, 5.74) is 0. The lowest BCUT2D eigenvalue weighted by Crippen LogP contribution is -1.76. The molecule has 0 bridgehead atoms. The van der Waals surface area contributed by atoms with Crippen molar-refractivity contribution < 1.29 is 0 Å². The van der Waals surface area contributed by atoms with Crippen LogP contribution in [0.4, 0.5) is 0 Å². The van der Waals surface area contributed by atoms with Gasteiger partial charge in [0.15, 0.2) is 0 Å². The van der Waals surface area contributed by atoms with Crippen molar-refractivity contribution in [2.75, 3.05) is 0 Å². The highest BCUT2D eigenvalue weighted by Crippen LogP contribution is 2.05. The van der Waals surface area contributed by atoms with Crippen LogP contribution in [0.25, 0.3) is 0 Å². The Bertz CT molecular complexity index is 172. The summed E-state index contributed by atoms with van der Waals surface area (Å²) < 4.78 is 0. The first-order valence-corrected chi connectivity index (χ1v) is 4.80. The van der Waals surface area contributed by atoms with Crippen LogP contribution in [0, 0.1) is 6.42 Å². The molecule has 0 atom stereocenters. The lowest BCUT2D eigenvalue weighted by molar-refractivity contribution is 0.746. The van der Waals surface area contributed by atoms with Gasteiger partial charge in [-0.3, -0.25) is 0 Å². The number of hydrogen-bond acceptors (Lipinski definition) is 0. The zero-order chi connectivity index (χ0) is 8.49. The van der Waals surface area contributed by atoms with Gasteiger partial charge in [0.1, 0.15) is 0 Å². The molecule has 1 aliphatic carbocycles. The van der Waals surface area contributed by atoms with E-state index < -0.39 is 0 Å². The fraction of sp³-hybridized carbons (Fsp3) is 0.417. The molecule has 0 nitrogen and oxygen atoms in total. The molecule has 0 spiro atoms. The van der Waals surface area contributed by atoms with Gasteiger partial charge in [0, 0.05) is 0 Å². The molecule has 0 aromatic rings. The standard InChI is InChI=1S/C12H17/c1-2-4-6-8-10-12-11-9-7-5-3-1/h1-5,8,10H,6-7,9,11-12H2/b3-1-,4-2+,10-8+. The van der Waals surface area contributed by atoms with E-state index in [-0.39, 0.29) is 0 Å². The number of rotatable bonds is 0. The molecular weight excluding hydrogens is 144 g/mol. The van der Waals surface area contributed by atoms with Crippen LogP contribution in [0.3, 0.4) is 0 Å². The number of hydrogen-bond donors (Lipinski definition) is 0. The van der Waals surface area contributed by atoms with Crippen LogP contribution in [-0.2, 0) is 0 Å². The Morgan fingerprint density at radius 2 is 1.58 bits per heavy atom. The van der Waals surface area contributed by atoms with E-state index in [1.54, 1.807) is 0 Å². The smallest absolute Gasteiger partial charge is 0.0166 e. The van der Waals surface area contributed by atoms with Gasteiger partial charge in [0.05, 0.1) is 0 Å². The molecule has 0 unspecified atom stereocenters. The summed E-state index contributed by atoms with van der Waals surface area (Å²) in [5.74, 6) is 0. The van der Waals surface area contributed by atoms with Gasteiger partial charge in [-0.1, -0.05) is 42.9 Å². The first kappa shape index (κ1) is 9.31. The van der Waals surface area contributed by atoms with Gasteiger partial charge in [-0.15, -0.1) is 0 Å². The van der Waals surface area contributed by atoms with Crippen molar-refractivity contribution in [1.82, 2.24) is 0 Å². The molecule has 1 rings (SSSR count). The Kier molecular flexibility index (Phi) is 5.35. The van der Waals surface area contributed by atoms with Crippen molar-refractivity contribution >= 4 is 0 Å². The second kappa shape index (κ2) is 6.90. The van der Waals surface area contributed by atoms with E-state index in [9.17, 15) is 0 Å². The summed E-state index contributed by atoms with van der Waals surface area (Å²) in [6, 6.07) is 0. The van der Waals surface area contributed by atoms with Gasteiger partial charge in [0.25, 0.3) is 0 Å². The van der Waals surface area contributed by atoms with Gasteiger partial charge in [0.2, 0.25) is 0 Å². The highest BCUT2D eigenvalue weighted by molar-refractivity contribution is 5.09. The second-order valence-corrected chi connectivity index (χ2v) is 3.04. The normalized spacial score (nSPS) is 28.0. The molecule has 0 aromatic heterocycles. The minimum atomic E-state index is 1.07. The maximum Gasteiger partial charge on any atom is -0.0166 e. The molecule has 0 N–H and O–H groups in total. The van der Waals surface area contributed by atoms with Gasteiger partial charge in [-0.05, 0) is 32.1 Å². The molecule has 0 fully saturated rings. The first-order valence-electron chi connectivity index (χ1n) is 4.80. The minimum absolute atomic E-state index is 1.07. The molecule has 0 aromatic carbocycles. The molecule has 0 amide bonds. The molecule has 65 valence electrons. The third kappa shape index (κ3) is 4.95. The average molecular weight is 161 g/mol. The van der Waals surface area contributed by atoms with Crippen molar-refractivity contribution in [1.29, 1.82) is 0 Å². The lowest BCUT2D eigenvalue weighted by atomic mass is 10.1. The predicted octanol–water partition coefficient (Wildman–Crippen LogP) is 3.82. The van der Waals surface area contributed by atoms with Crippen molar-refractivity contribution in [2.24, 2.45) is 0 Å². The van der Waals surface area contributed by atoms with E-state index in [2.05, 4.69) is 42.9 Å². The second-order valence-electron chi connectivity index (χ2n) is 3.04. The monoisotopic (exact) mass is 161 g/mol. The Balaban J connectivity index is 2.31. The van der Waals surface area contributed by atoms with Crippen molar-refractivity contribution in [3.8, 4) is 0 Å². The van der Waals surface area contributed by atoms with Crippen LogP contribution in [0.1, 0.15) is 32.1 Å². The van der Waals surface area contributed by atoms with Crippen molar-refractivity contribution in [3.05, 3.63) is 42.9 Å². The Morgan fingerprint density at radius 1 is 0.667 bits per heavy atom. The summed E-state index contributed by atoms with van der Waals surface area (Å²) in [4.78, 5) is 0. The van der Waals surface area contributed by atoms with Crippen molar-refractivity contribution in [2.45, 2.75) is 32.1 Å². The van der Waals surface area contributed by atoms with Gasteiger partial charge < -0.3 is 0 Å². The topological polar surface area (TPSA) is 0 Å². The fourth-order valence-corrected chi connectivity index (χ4v) is 1.21. The number of allylic oxidation sites excluding steroid dienone is 6. The van der Waals surface area contributed by atoms with Gasteiger partial charge in [-0.25, -0.2) is 0 Å². The van der Waals surface area contributed by atoms with E-state index >= 15 is 0 Å². The molecule has 0 heteroatoms. The summed E-state index contributed by atoms with van der Waals surface area (Å²) in [6.07, 6.45) is 21.5. The zero-order valence-electron chi connectivity index (χ0n) is 7.58. The lowest BCUT2D eigenvalue weighted by Gasteiger charge is -1.95. The van der Waals surface area contributed by atoms with Crippen LogP contribution < -0.4 is 0 Å². The van der Waals surface area contributed by atoms with Crippen molar-refractivity contribution in [3.63, 3.8) is 0 Å². The van der Waals surface area contributed by atoms with Crippen LogP contribution in [0.2, 0.25) is 0 Å². The molecule has 0 saturated carbocycles. The van der Waals surface area contributed by atoms with E-state index in [0.717, 1.165) is 6.42 Å². The van der Waals surface area contributed by atoms with E-state index in [1.807, 2.05) is 0 Å². The van der Waals surface area contributed by atoms with Crippen LogP contribution in [0.15, 0.2) is 36.5 Å². The third-order valence-corrected chi connectivity index (χ3v) is 1.92. The van der Waals surface area contributed by atoms with Crippen LogP contribution in [0.5, 0.6) is 0 Å². The summed E-state index contributed by atoms with van der Waals surface area (Å²) in [7, 11) is 0. The zero-order valence-corrected chi connectivity index (χ0v) is 7.58. The summed E-state index contributed by atoms with van der Waals surface area (Å²) in [6.45, 7) is 0. The molecule has 12 heavy (non-hydrogen) atoms. The Labute approximate surface area is 75.7 Å². The van der Waals surface area contributed by atoms with Crippen LogP contribution >= 0.6 is 0 Å². The van der Waals surface area contributed by atoms with Gasteiger partial charge >= 0.3 is 0 Å². The van der Waals surface area contributed by atoms with E-state index in [1.165, 1.54) is 25.7 Å². The third-order valence-electron chi connectivity index (χ3n) is 1.92. The Morgan fingerprint density at radius 3 is 2.58 bits per heavy atom. The quantitative estimate of drug-likeness (QED) is 0.474. The minimum Gasteiger partial charge on any atom is -0.0882 e. The molecule has 0 saturated heterocycles. The molecule has 0 heterocycles.